The zero-order valence-corrected chi connectivity index (χ0v) is 15.9. The number of thioether (sulfide) groups is 1. The highest BCUT2D eigenvalue weighted by molar-refractivity contribution is 7.99. The van der Waals surface area contributed by atoms with Crippen LogP contribution in [0.25, 0.3) is 0 Å². The van der Waals surface area contributed by atoms with Crippen LogP contribution in [-0.4, -0.2) is 11.7 Å². The first-order chi connectivity index (χ1) is 11.5. The molecule has 1 N–H and O–H groups in total. The van der Waals surface area contributed by atoms with Crippen molar-refractivity contribution in [1.82, 2.24) is 0 Å². The molecule has 0 aliphatic carbocycles. The lowest BCUT2D eigenvalue weighted by molar-refractivity contribution is -0.113. The fraction of sp³-hybridized carbons (Fsp3) is 0.381. The van der Waals surface area contributed by atoms with Crippen LogP contribution < -0.4 is 5.32 Å². The van der Waals surface area contributed by atoms with Gasteiger partial charge in [0, 0.05) is 11.4 Å². The third-order valence-corrected chi connectivity index (χ3v) is 5.16. The molecule has 0 heterocycles. The summed E-state index contributed by atoms with van der Waals surface area (Å²) in [7, 11) is 0. The van der Waals surface area contributed by atoms with E-state index in [9.17, 15) is 4.79 Å². The van der Waals surface area contributed by atoms with Crippen molar-refractivity contribution in [3.05, 3.63) is 64.7 Å². The minimum absolute atomic E-state index is 0.0720. The Morgan fingerprint density at radius 1 is 1.12 bits per heavy atom. The van der Waals surface area contributed by atoms with E-state index < -0.39 is 0 Å². The van der Waals surface area contributed by atoms with Crippen LogP contribution in [0.3, 0.4) is 0 Å². The Morgan fingerprint density at radius 3 is 2.46 bits per heavy atom. The van der Waals surface area contributed by atoms with Crippen molar-refractivity contribution in [2.24, 2.45) is 0 Å². The molecule has 2 aromatic carbocycles. The molecular formula is C21H27NOS. The molecule has 128 valence electrons. The molecule has 0 unspecified atom stereocenters. The standard InChI is InChI=1S/C21H27NOS/c1-5-18-8-6-7-16(4)21(18)22-20(23)14-24-13-17-9-11-19(12-10-17)15(2)3/h6-12,15H,5,13-14H2,1-4H3,(H,22,23). The molecule has 0 aliphatic heterocycles. The van der Waals surface area contributed by atoms with Gasteiger partial charge in [-0.1, -0.05) is 63.2 Å². The number of carbonyl (C=O) groups is 1. The summed E-state index contributed by atoms with van der Waals surface area (Å²) in [5.41, 5.74) is 5.91. The van der Waals surface area contributed by atoms with Crippen LogP contribution in [0.5, 0.6) is 0 Å². The lowest BCUT2D eigenvalue weighted by atomic mass is 10.0. The number of nitrogens with one attached hydrogen (secondary N) is 1. The van der Waals surface area contributed by atoms with Gasteiger partial charge in [0.05, 0.1) is 5.75 Å². The molecule has 0 saturated carbocycles. The normalized spacial score (nSPS) is 10.9. The van der Waals surface area contributed by atoms with Crippen LogP contribution in [0.1, 0.15) is 48.9 Å². The van der Waals surface area contributed by atoms with E-state index in [4.69, 9.17) is 0 Å². The number of rotatable bonds is 7. The molecule has 2 nitrogen and oxygen atoms in total. The van der Waals surface area contributed by atoms with Gasteiger partial charge in [0.2, 0.25) is 5.91 Å². The zero-order valence-electron chi connectivity index (χ0n) is 15.1. The Hall–Kier alpha value is -1.74. The number of para-hydroxylation sites is 1. The first-order valence-corrected chi connectivity index (χ1v) is 9.71. The molecule has 0 radical (unpaired) electrons. The van der Waals surface area contributed by atoms with E-state index in [1.54, 1.807) is 11.8 Å². The predicted octanol–water partition coefficient (Wildman–Crippen LogP) is 5.55. The number of benzene rings is 2. The number of hydrogen-bond donors (Lipinski definition) is 1. The van der Waals surface area contributed by atoms with E-state index >= 15 is 0 Å². The maximum atomic E-state index is 12.2. The van der Waals surface area contributed by atoms with Gasteiger partial charge in [-0.25, -0.2) is 0 Å². The molecule has 0 atom stereocenters. The minimum atomic E-state index is 0.0720. The average Bonchev–Trinajstić information content (AvgIpc) is 2.57. The van der Waals surface area contributed by atoms with E-state index in [0.717, 1.165) is 23.4 Å². The van der Waals surface area contributed by atoms with Gasteiger partial charge >= 0.3 is 0 Å². The van der Waals surface area contributed by atoms with Crippen LogP contribution in [0.15, 0.2) is 42.5 Å². The van der Waals surface area contributed by atoms with Gasteiger partial charge in [0.25, 0.3) is 0 Å². The number of amides is 1. The van der Waals surface area contributed by atoms with E-state index in [1.807, 2.05) is 19.1 Å². The second kappa shape index (κ2) is 8.93. The molecule has 2 rings (SSSR count). The largest absolute Gasteiger partial charge is 0.325 e. The number of carbonyl (C=O) groups excluding carboxylic acids is 1. The van der Waals surface area contributed by atoms with Gasteiger partial charge in [0.1, 0.15) is 0 Å². The monoisotopic (exact) mass is 341 g/mol. The number of aryl methyl sites for hydroxylation is 2. The lowest BCUT2D eigenvalue weighted by Crippen LogP contribution is -2.16. The fourth-order valence-electron chi connectivity index (χ4n) is 2.64. The second-order valence-electron chi connectivity index (χ2n) is 6.40. The van der Waals surface area contributed by atoms with E-state index in [-0.39, 0.29) is 5.91 Å². The Labute approximate surface area is 150 Å². The maximum absolute atomic E-state index is 12.2. The molecule has 0 bridgehead atoms. The van der Waals surface area contributed by atoms with Gasteiger partial charge in [-0.3, -0.25) is 4.79 Å². The van der Waals surface area contributed by atoms with Crippen molar-refractivity contribution in [3.8, 4) is 0 Å². The summed E-state index contributed by atoms with van der Waals surface area (Å²) < 4.78 is 0. The lowest BCUT2D eigenvalue weighted by Gasteiger charge is -2.13. The van der Waals surface area contributed by atoms with Crippen LogP contribution >= 0.6 is 11.8 Å². The predicted molar refractivity (Wildman–Crippen MR) is 106 cm³/mol. The van der Waals surface area contributed by atoms with Gasteiger partial charge in [-0.05, 0) is 41.5 Å². The van der Waals surface area contributed by atoms with Crippen molar-refractivity contribution in [1.29, 1.82) is 0 Å². The Kier molecular flexibility index (Phi) is 6.92. The van der Waals surface area contributed by atoms with E-state index in [1.165, 1.54) is 16.7 Å². The molecule has 3 heteroatoms. The van der Waals surface area contributed by atoms with Crippen LogP contribution in [0.4, 0.5) is 5.69 Å². The van der Waals surface area contributed by atoms with Gasteiger partial charge < -0.3 is 5.32 Å². The van der Waals surface area contributed by atoms with Crippen molar-refractivity contribution in [2.75, 3.05) is 11.1 Å². The molecule has 0 fully saturated rings. The zero-order chi connectivity index (χ0) is 17.5. The third kappa shape index (κ3) is 5.13. The summed E-state index contributed by atoms with van der Waals surface area (Å²) in [5.74, 6) is 1.96. The third-order valence-electron chi connectivity index (χ3n) is 4.15. The smallest absolute Gasteiger partial charge is 0.234 e. The van der Waals surface area contributed by atoms with Crippen LogP contribution in [-0.2, 0) is 17.0 Å². The minimum Gasteiger partial charge on any atom is -0.325 e. The van der Waals surface area contributed by atoms with Crippen LogP contribution in [0.2, 0.25) is 0 Å². The van der Waals surface area contributed by atoms with Crippen molar-refractivity contribution < 1.29 is 4.79 Å². The summed E-state index contributed by atoms with van der Waals surface area (Å²) in [5, 5.41) is 3.08. The summed E-state index contributed by atoms with van der Waals surface area (Å²) >= 11 is 1.66. The molecule has 1 amide bonds. The highest BCUT2D eigenvalue weighted by Crippen LogP contribution is 2.22. The molecule has 0 spiro atoms. The highest BCUT2D eigenvalue weighted by Gasteiger charge is 2.09. The van der Waals surface area contributed by atoms with Gasteiger partial charge in [-0.15, -0.1) is 11.8 Å². The van der Waals surface area contributed by atoms with E-state index in [2.05, 4.69) is 56.4 Å². The molecule has 0 aromatic heterocycles. The summed E-state index contributed by atoms with van der Waals surface area (Å²) in [4.78, 5) is 12.2. The average molecular weight is 342 g/mol. The summed E-state index contributed by atoms with van der Waals surface area (Å²) in [6.07, 6.45) is 0.923. The fourth-order valence-corrected chi connectivity index (χ4v) is 3.43. The summed E-state index contributed by atoms with van der Waals surface area (Å²) in [6, 6.07) is 14.8. The first kappa shape index (κ1) is 18.6. The Bertz CT molecular complexity index is 677. The van der Waals surface area contributed by atoms with Crippen molar-refractivity contribution in [2.45, 2.75) is 45.8 Å². The first-order valence-electron chi connectivity index (χ1n) is 8.56. The number of anilines is 1. The Balaban J connectivity index is 1.86. The molecule has 24 heavy (non-hydrogen) atoms. The molecule has 0 aliphatic rings. The second-order valence-corrected chi connectivity index (χ2v) is 7.39. The van der Waals surface area contributed by atoms with E-state index in [0.29, 0.717) is 11.7 Å². The molecule has 2 aromatic rings. The number of hydrogen-bond acceptors (Lipinski definition) is 2. The Morgan fingerprint density at radius 2 is 1.83 bits per heavy atom. The topological polar surface area (TPSA) is 29.1 Å². The summed E-state index contributed by atoms with van der Waals surface area (Å²) in [6.45, 7) is 8.55. The highest BCUT2D eigenvalue weighted by atomic mass is 32.2. The van der Waals surface area contributed by atoms with Crippen molar-refractivity contribution >= 4 is 23.4 Å². The molecule has 0 saturated heterocycles. The van der Waals surface area contributed by atoms with Crippen molar-refractivity contribution in [3.63, 3.8) is 0 Å². The van der Waals surface area contributed by atoms with Gasteiger partial charge in [0.15, 0.2) is 0 Å². The maximum Gasteiger partial charge on any atom is 0.234 e. The molecular weight excluding hydrogens is 314 g/mol. The SMILES string of the molecule is CCc1cccc(C)c1NC(=O)CSCc1ccc(C(C)C)cc1. The van der Waals surface area contributed by atoms with Crippen LogP contribution in [0, 0.1) is 6.92 Å². The van der Waals surface area contributed by atoms with Gasteiger partial charge in [-0.2, -0.15) is 0 Å². The quantitative estimate of drug-likeness (QED) is 0.715.